The van der Waals surface area contributed by atoms with Crippen molar-refractivity contribution in [1.82, 2.24) is 4.57 Å². The zero-order chi connectivity index (χ0) is 9.68. The Morgan fingerprint density at radius 2 is 2.23 bits per heavy atom. The molecule has 1 aromatic rings. The van der Waals surface area contributed by atoms with Crippen LogP contribution in [0.1, 0.15) is 31.0 Å². The molecule has 0 aliphatic carbocycles. The molecule has 1 rings (SSSR count). The Bertz CT molecular complexity index is 242. The molecule has 0 unspecified atom stereocenters. The van der Waals surface area contributed by atoms with Gasteiger partial charge in [0.2, 0.25) is 0 Å². The van der Waals surface area contributed by atoms with Crippen LogP contribution in [0, 0.1) is 0 Å². The van der Waals surface area contributed by atoms with Gasteiger partial charge in [0.1, 0.15) is 0 Å². The highest BCUT2D eigenvalue weighted by Gasteiger charge is 2.07. The van der Waals surface area contributed by atoms with Gasteiger partial charge in [-0.1, -0.05) is 6.42 Å². The predicted molar refractivity (Wildman–Crippen MR) is 55.2 cm³/mol. The van der Waals surface area contributed by atoms with Crippen molar-refractivity contribution in [2.24, 2.45) is 18.5 Å². The number of rotatable bonds is 5. The van der Waals surface area contributed by atoms with Gasteiger partial charge in [-0.25, -0.2) is 0 Å². The molecule has 0 saturated carbocycles. The van der Waals surface area contributed by atoms with E-state index in [0.29, 0.717) is 0 Å². The average molecular weight is 181 g/mol. The second-order valence-electron chi connectivity index (χ2n) is 3.43. The lowest BCUT2D eigenvalue weighted by Crippen LogP contribution is -2.14. The van der Waals surface area contributed by atoms with E-state index in [4.69, 9.17) is 11.5 Å². The Labute approximate surface area is 79.7 Å². The van der Waals surface area contributed by atoms with Gasteiger partial charge < -0.3 is 16.0 Å². The van der Waals surface area contributed by atoms with Crippen molar-refractivity contribution >= 4 is 0 Å². The lowest BCUT2D eigenvalue weighted by atomic mass is 10.1. The highest BCUT2D eigenvalue weighted by molar-refractivity contribution is 5.10. The van der Waals surface area contributed by atoms with E-state index in [0.717, 1.165) is 25.8 Å². The summed E-state index contributed by atoms with van der Waals surface area (Å²) >= 11 is 0. The summed E-state index contributed by atoms with van der Waals surface area (Å²) in [7, 11) is 2.03. The smallest absolute Gasteiger partial charge is 0.0449 e. The number of nitrogens with zero attached hydrogens (tertiary/aromatic N) is 1. The van der Waals surface area contributed by atoms with Crippen LogP contribution in [-0.2, 0) is 7.05 Å². The number of hydrogen-bond acceptors (Lipinski definition) is 2. The van der Waals surface area contributed by atoms with Crippen LogP contribution in [0.25, 0.3) is 0 Å². The number of nitrogens with two attached hydrogens (primary N) is 2. The molecule has 4 N–H and O–H groups in total. The number of unbranched alkanes of at least 4 members (excludes halogenated alkanes) is 1. The fourth-order valence-corrected chi connectivity index (χ4v) is 1.52. The van der Waals surface area contributed by atoms with Crippen molar-refractivity contribution in [3.05, 3.63) is 24.0 Å². The van der Waals surface area contributed by atoms with Gasteiger partial charge in [-0.3, -0.25) is 0 Å². The van der Waals surface area contributed by atoms with Crippen LogP contribution < -0.4 is 11.5 Å². The third-order valence-corrected chi connectivity index (χ3v) is 2.33. The third kappa shape index (κ3) is 2.86. The molecule has 0 spiro atoms. The maximum atomic E-state index is 6.02. The van der Waals surface area contributed by atoms with Crippen LogP contribution in [0.2, 0.25) is 0 Å². The summed E-state index contributed by atoms with van der Waals surface area (Å²) in [5.41, 5.74) is 12.6. The molecule has 1 heterocycles. The standard InChI is InChI=1S/C10H19N3/c1-13-8-4-6-10(13)9(12)5-2-3-7-11/h4,6,8-9H,2-3,5,7,11-12H2,1H3/t9-/m1/s1. The number of aryl methyl sites for hydroxylation is 1. The Kier molecular flexibility index (Phi) is 3.99. The molecule has 13 heavy (non-hydrogen) atoms. The Morgan fingerprint density at radius 3 is 2.77 bits per heavy atom. The quantitative estimate of drug-likeness (QED) is 0.670. The molecule has 0 bridgehead atoms. The predicted octanol–water partition coefficient (Wildman–Crippen LogP) is 1.15. The summed E-state index contributed by atoms with van der Waals surface area (Å²) in [5, 5.41) is 0. The molecule has 0 radical (unpaired) electrons. The van der Waals surface area contributed by atoms with Gasteiger partial charge in [0, 0.05) is 25.0 Å². The van der Waals surface area contributed by atoms with Gasteiger partial charge >= 0.3 is 0 Å². The molecule has 0 fully saturated rings. The van der Waals surface area contributed by atoms with Crippen LogP contribution in [0.4, 0.5) is 0 Å². The summed E-state index contributed by atoms with van der Waals surface area (Å²) in [6.07, 6.45) is 5.23. The highest BCUT2D eigenvalue weighted by Crippen LogP contribution is 2.15. The minimum Gasteiger partial charge on any atom is -0.353 e. The molecule has 1 aromatic heterocycles. The molecule has 0 amide bonds. The molecule has 3 nitrogen and oxygen atoms in total. The van der Waals surface area contributed by atoms with Crippen molar-refractivity contribution in [1.29, 1.82) is 0 Å². The lowest BCUT2D eigenvalue weighted by molar-refractivity contribution is 0.563. The van der Waals surface area contributed by atoms with Crippen LogP contribution >= 0.6 is 0 Å². The monoisotopic (exact) mass is 181 g/mol. The summed E-state index contributed by atoms with van der Waals surface area (Å²) in [6.45, 7) is 0.764. The Morgan fingerprint density at radius 1 is 1.46 bits per heavy atom. The first-order valence-corrected chi connectivity index (χ1v) is 4.82. The molecule has 0 aliphatic rings. The highest BCUT2D eigenvalue weighted by atomic mass is 14.9. The SMILES string of the molecule is Cn1cccc1[C@H](N)CCCCN. The number of aromatic nitrogens is 1. The zero-order valence-electron chi connectivity index (χ0n) is 8.24. The summed E-state index contributed by atoms with van der Waals surface area (Å²) in [5.74, 6) is 0. The third-order valence-electron chi connectivity index (χ3n) is 2.33. The van der Waals surface area contributed by atoms with Crippen molar-refractivity contribution in [2.45, 2.75) is 25.3 Å². The first-order chi connectivity index (χ1) is 6.25. The molecule has 3 heteroatoms. The molecule has 74 valence electrons. The van der Waals surface area contributed by atoms with Gasteiger partial charge in [0.25, 0.3) is 0 Å². The van der Waals surface area contributed by atoms with Crippen molar-refractivity contribution < 1.29 is 0 Å². The van der Waals surface area contributed by atoms with E-state index in [1.165, 1.54) is 5.69 Å². The maximum absolute atomic E-state index is 6.02. The van der Waals surface area contributed by atoms with E-state index in [1.807, 2.05) is 19.3 Å². The second-order valence-corrected chi connectivity index (χ2v) is 3.43. The summed E-state index contributed by atoms with van der Waals surface area (Å²) < 4.78 is 2.08. The zero-order valence-corrected chi connectivity index (χ0v) is 8.24. The van der Waals surface area contributed by atoms with E-state index in [2.05, 4.69) is 10.6 Å². The van der Waals surface area contributed by atoms with Gasteiger partial charge in [0.05, 0.1) is 0 Å². The van der Waals surface area contributed by atoms with Gasteiger partial charge in [-0.15, -0.1) is 0 Å². The van der Waals surface area contributed by atoms with Crippen molar-refractivity contribution in [3.63, 3.8) is 0 Å². The average Bonchev–Trinajstić information content (AvgIpc) is 2.52. The van der Waals surface area contributed by atoms with Crippen molar-refractivity contribution in [2.75, 3.05) is 6.54 Å². The maximum Gasteiger partial charge on any atom is 0.0449 e. The van der Waals surface area contributed by atoms with E-state index in [1.54, 1.807) is 0 Å². The fraction of sp³-hybridized carbons (Fsp3) is 0.600. The van der Waals surface area contributed by atoms with E-state index < -0.39 is 0 Å². The molecule has 0 aliphatic heterocycles. The van der Waals surface area contributed by atoms with E-state index in [-0.39, 0.29) is 6.04 Å². The molecule has 0 saturated heterocycles. The summed E-state index contributed by atoms with van der Waals surface area (Å²) in [6, 6.07) is 4.26. The van der Waals surface area contributed by atoms with Gasteiger partial charge in [-0.05, 0) is 31.5 Å². The normalized spacial score (nSPS) is 13.2. The van der Waals surface area contributed by atoms with Gasteiger partial charge in [0.15, 0.2) is 0 Å². The minimum absolute atomic E-state index is 0.159. The topological polar surface area (TPSA) is 57.0 Å². The largest absolute Gasteiger partial charge is 0.353 e. The Hall–Kier alpha value is -0.800. The van der Waals surface area contributed by atoms with Crippen LogP contribution in [0.5, 0.6) is 0 Å². The Balaban J connectivity index is 2.39. The molecular weight excluding hydrogens is 162 g/mol. The summed E-state index contributed by atoms with van der Waals surface area (Å²) in [4.78, 5) is 0. The second kappa shape index (κ2) is 5.04. The first kappa shape index (κ1) is 10.3. The first-order valence-electron chi connectivity index (χ1n) is 4.82. The fourth-order valence-electron chi connectivity index (χ4n) is 1.52. The van der Waals surface area contributed by atoms with E-state index in [9.17, 15) is 0 Å². The number of hydrogen-bond donors (Lipinski definition) is 2. The molecule has 1 atom stereocenters. The van der Waals surface area contributed by atoms with Crippen LogP contribution in [0.3, 0.4) is 0 Å². The molecule has 0 aromatic carbocycles. The molecular formula is C10H19N3. The van der Waals surface area contributed by atoms with E-state index >= 15 is 0 Å². The van der Waals surface area contributed by atoms with Crippen molar-refractivity contribution in [3.8, 4) is 0 Å². The van der Waals surface area contributed by atoms with Crippen LogP contribution in [-0.4, -0.2) is 11.1 Å². The lowest BCUT2D eigenvalue weighted by Gasteiger charge is -2.12. The minimum atomic E-state index is 0.159. The van der Waals surface area contributed by atoms with Crippen LogP contribution in [0.15, 0.2) is 18.3 Å². The van der Waals surface area contributed by atoms with Gasteiger partial charge in [-0.2, -0.15) is 0 Å².